The molecule has 0 aromatic heterocycles. The van der Waals surface area contributed by atoms with Gasteiger partial charge in [0.25, 0.3) is 0 Å². The van der Waals surface area contributed by atoms with Gasteiger partial charge in [-0.3, -0.25) is 9.59 Å². The van der Waals surface area contributed by atoms with E-state index in [2.05, 4.69) is 11.4 Å². The molecular weight excluding hydrogens is 387 g/mol. The van der Waals surface area contributed by atoms with Gasteiger partial charge in [0.1, 0.15) is 11.9 Å². The molecule has 2 aromatic rings. The second kappa shape index (κ2) is 11.6. The molecule has 156 valence electrons. The highest BCUT2D eigenvalue weighted by molar-refractivity contribution is 7.99. The molecule has 4 nitrogen and oxygen atoms in total. The van der Waals surface area contributed by atoms with Crippen molar-refractivity contribution >= 4 is 23.6 Å². The topological polar surface area (TPSA) is 49.4 Å². The van der Waals surface area contributed by atoms with Crippen LogP contribution in [0.5, 0.6) is 0 Å². The maximum absolute atomic E-state index is 14.1. The summed E-state index contributed by atoms with van der Waals surface area (Å²) >= 11 is 1.50. The summed E-state index contributed by atoms with van der Waals surface area (Å²) in [4.78, 5) is 26.9. The van der Waals surface area contributed by atoms with E-state index in [0.717, 1.165) is 12.0 Å². The molecule has 0 unspecified atom stereocenters. The number of aryl methyl sites for hydroxylation is 1. The second-order valence-corrected chi connectivity index (χ2v) is 8.05. The Labute approximate surface area is 176 Å². The number of amides is 2. The van der Waals surface area contributed by atoms with Crippen LogP contribution < -0.4 is 5.32 Å². The molecule has 2 aromatic carbocycles. The van der Waals surface area contributed by atoms with E-state index in [9.17, 15) is 14.0 Å². The summed E-state index contributed by atoms with van der Waals surface area (Å²) in [5, 5.41) is 2.82. The number of carbonyl (C=O) groups is 2. The maximum atomic E-state index is 14.1. The minimum atomic E-state index is -0.673. The number of benzene rings is 2. The molecule has 2 rings (SSSR count). The summed E-state index contributed by atoms with van der Waals surface area (Å²) in [6, 6.07) is 13.8. The highest BCUT2D eigenvalue weighted by Crippen LogP contribution is 2.18. The zero-order valence-electron chi connectivity index (χ0n) is 17.3. The van der Waals surface area contributed by atoms with Crippen molar-refractivity contribution in [3.63, 3.8) is 0 Å². The van der Waals surface area contributed by atoms with Crippen LogP contribution in [-0.2, 0) is 21.9 Å². The van der Waals surface area contributed by atoms with Gasteiger partial charge >= 0.3 is 0 Å². The molecule has 1 atom stereocenters. The number of hydrogen-bond donors (Lipinski definition) is 1. The smallest absolute Gasteiger partial charge is 0.242 e. The number of carbonyl (C=O) groups excluding carboxylic acids is 2. The Morgan fingerprint density at radius 1 is 1.17 bits per heavy atom. The number of thioether (sulfide) groups is 1. The first-order valence-corrected chi connectivity index (χ1v) is 11.0. The van der Waals surface area contributed by atoms with Crippen LogP contribution in [-0.4, -0.2) is 35.1 Å². The lowest BCUT2D eigenvalue weighted by atomic mass is 10.1. The average molecular weight is 417 g/mol. The lowest BCUT2D eigenvalue weighted by Crippen LogP contribution is -2.48. The van der Waals surface area contributed by atoms with Gasteiger partial charge in [-0.2, -0.15) is 0 Å². The summed E-state index contributed by atoms with van der Waals surface area (Å²) in [5.41, 5.74) is 2.73. The molecule has 0 spiro atoms. The predicted octanol–water partition coefficient (Wildman–Crippen LogP) is 4.31. The quantitative estimate of drug-likeness (QED) is 0.628. The van der Waals surface area contributed by atoms with Gasteiger partial charge in [0.05, 0.1) is 5.75 Å². The minimum absolute atomic E-state index is 0.0667. The molecule has 0 radical (unpaired) electrons. The van der Waals surface area contributed by atoms with Gasteiger partial charge in [0.15, 0.2) is 0 Å². The standard InChI is InChI=1S/C23H29FN2O2S/c1-4-12-25-23(28)18(3)26(14-20-10-5-6-11-21(20)24)22(27)16-29-15-19-9-7-8-17(2)13-19/h5-11,13,18H,4,12,14-16H2,1-3H3,(H,25,28)/t18-/m0/s1. The Balaban J connectivity index is 2.07. The molecule has 0 saturated heterocycles. The Hall–Kier alpha value is -2.34. The first kappa shape index (κ1) is 22.9. The molecule has 0 saturated carbocycles. The molecule has 29 heavy (non-hydrogen) atoms. The van der Waals surface area contributed by atoms with Crippen molar-refractivity contribution in [3.8, 4) is 0 Å². The first-order chi connectivity index (χ1) is 13.9. The zero-order valence-corrected chi connectivity index (χ0v) is 18.1. The normalized spacial score (nSPS) is 11.7. The molecule has 2 amide bonds. The number of rotatable bonds is 10. The summed E-state index contributed by atoms with van der Waals surface area (Å²) in [5.74, 6) is 0.162. The van der Waals surface area contributed by atoms with E-state index in [1.807, 2.05) is 32.0 Å². The Morgan fingerprint density at radius 2 is 1.93 bits per heavy atom. The molecular formula is C23H29FN2O2S. The van der Waals surface area contributed by atoms with Crippen LogP contribution in [0.4, 0.5) is 4.39 Å². The molecule has 0 aliphatic carbocycles. The SMILES string of the molecule is CCCNC(=O)[C@H](C)N(Cc1ccccc1F)C(=O)CSCc1cccc(C)c1. The summed E-state index contributed by atoms with van der Waals surface area (Å²) in [6.45, 7) is 6.31. The largest absolute Gasteiger partial charge is 0.354 e. The van der Waals surface area contributed by atoms with E-state index in [1.54, 1.807) is 25.1 Å². The third-order valence-corrected chi connectivity index (χ3v) is 5.58. The van der Waals surface area contributed by atoms with Gasteiger partial charge in [-0.25, -0.2) is 4.39 Å². The summed E-state index contributed by atoms with van der Waals surface area (Å²) < 4.78 is 14.1. The predicted molar refractivity (Wildman–Crippen MR) is 117 cm³/mol. The van der Waals surface area contributed by atoms with E-state index in [1.165, 1.54) is 28.3 Å². The minimum Gasteiger partial charge on any atom is -0.354 e. The van der Waals surface area contributed by atoms with E-state index < -0.39 is 6.04 Å². The van der Waals surface area contributed by atoms with Gasteiger partial charge in [-0.15, -0.1) is 11.8 Å². The highest BCUT2D eigenvalue weighted by Gasteiger charge is 2.26. The number of nitrogens with one attached hydrogen (secondary N) is 1. The van der Waals surface area contributed by atoms with Crippen LogP contribution in [0.25, 0.3) is 0 Å². The Kier molecular flexibility index (Phi) is 9.19. The molecule has 0 aliphatic rings. The van der Waals surface area contributed by atoms with Crippen molar-refractivity contribution in [2.45, 2.75) is 45.5 Å². The van der Waals surface area contributed by atoms with Crippen molar-refractivity contribution in [1.82, 2.24) is 10.2 Å². The van der Waals surface area contributed by atoms with E-state index >= 15 is 0 Å². The average Bonchev–Trinajstić information content (AvgIpc) is 2.71. The Morgan fingerprint density at radius 3 is 2.62 bits per heavy atom. The van der Waals surface area contributed by atoms with Crippen LogP contribution in [0.15, 0.2) is 48.5 Å². The van der Waals surface area contributed by atoms with Gasteiger partial charge in [-0.1, -0.05) is 55.0 Å². The lowest BCUT2D eigenvalue weighted by molar-refractivity contribution is -0.138. The van der Waals surface area contributed by atoms with E-state index in [4.69, 9.17) is 0 Å². The molecule has 0 aliphatic heterocycles. The van der Waals surface area contributed by atoms with Gasteiger partial charge in [0.2, 0.25) is 11.8 Å². The van der Waals surface area contributed by atoms with Crippen molar-refractivity contribution < 1.29 is 14.0 Å². The van der Waals surface area contributed by atoms with Crippen LogP contribution in [0.2, 0.25) is 0 Å². The van der Waals surface area contributed by atoms with Gasteiger partial charge in [-0.05, 0) is 31.9 Å². The fourth-order valence-electron chi connectivity index (χ4n) is 2.93. The van der Waals surface area contributed by atoms with Crippen LogP contribution in [0, 0.1) is 12.7 Å². The van der Waals surface area contributed by atoms with Crippen molar-refractivity contribution in [2.24, 2.45) is 0 Å². The van der Waals surface area contributed by atoms with E-state index in [0.29, 0.717) is 17.9 Å². The molecule has 0 fully saturated rings. The third kappa shape index (κ3) is 7.20. The maximum Gasteiger partial charge on any atom is 0.242 e. The fraction of sp³-hybridized carbons (Fsp3) is 0.391. The Bertz CT molecular complexity index is 828. The van der Waals surface area contributed by atoms with Crippen molar-refractivity contribution in [1.29, 1.82) is 0 Å². The van der Waals surface area contributed by atoms with Crippen LogP contribution >= 0.6 is 11.8 Å². The second-order valence-electron chi connectivity index (χ2n) is 7.06. The number of hydrogen-bond acceptors (Lipinski definition) is 3. The zero-order chi connectivity index (χ0) is 21.2. The molecule has 0 heterocycles. The molecule has 6 heteroatoms. The first-order valence-electron chi connectivity index (χ1n) is 9.86. The number of halogens is 1. The lowest BCUT2D eigenvalue weighted by Gasteiger charge is -2.29. The van der Waals surface area contributed by atoms with Crippen LogP contribution in [0.3, 0.4) is 0 Å². The fourth-order valence-corrected chi connectivity index (χ4v) is 3.79. The molecule has 1 N–H and O–H groups in total. The highest BCUT2D eigenvalue weighted by atomic mass is 32.2. The number of nitrogens with zero attached hydrogens (tertiary/aromatic N) is 1. The molecule has 0 bridgehead atoms. The van der Waals surface area contributed by atoms with E-state index in [-0.39, 0.29) is 29.9 Å². The van der Waals surface area contributed by atoms with Crippen molar-refractivity contribution in [2.75, 3.05) is 12.3 Å². The summed E-state index contributed by atoms with van der Waals surface area (Å²) in [7, 11) is 0. The van der Waals surface area contributed by atoms with Gasteiger partial charge in [0, 0.05) is 24.4 Å². The van der Waals surface area contributed by atoms with Crippen molar-refractivity contribution in [3.05, 3.63) is 71.0 Å². The summed E-state index contributed by atoms with van der Waals surface area (Å²) in [6.07, 6.45) is 0.812. The monoisotopic (exact) mass is 416 g/mol. The van der Waals surface area contributed by atoms with Crippen LogP contribution in [0.1, 0.15) is 37.0 Å². The third-order valence-electron chi connectivity index (χ3n) is 4.59. The van der Waals surface area contributed by atoms with Gasteiger partial charge < -0.3 is 10.2 Å².